The van der Waals surface area contributed by atoms with E-state index in [0.717, 1.165) is 5.56 Å². The lowest BCUT2D eigenvalue weighted by molar-refractivity contribution is 0.0858. The van der Waals surface area contributed by atoms with Gasteiger partial charge in [-0.2, -0.15) is 0 Å². The summed E-state index contributed by atoms with van der Waals surface area (Å²) in [7, 11) is -3.18. The number of carbonyl (C=O) groups is 1. The third-order valence-electron chi connectivity index (χ3n) is 3.58. The van der Waals surface area contributed by atoms with Crippen LogP contribution in [-0.4, -0.2) is 18.9 Å². The monoisotopic (exact) mass is 420 g/mol. The number of hydrogen-bond donors (Lipinski definition) is 0. The first-order chi connectivity index (χ1) is 13.4. The molecule has 2 rings (SSSR count). The van der Waals surface area contributed by atoms with Gasteiger partial charge in [-0.15, -0.1) is 0 Å². The Hall–Kier alpha value is -1.94. The Bertz CT molecular complexity index is 779. The molecule has 2 aromatic rings. The van der Waals surface area contributed by atoms with E-state index in [1.54, 1.807) is 45.0 Å². The zero-order valence-electron chi connectivity index (χ0n) is 19.9. The van der Waals surface area contributed by atoms with Crippen molar-refractivity contribution in [2.24, 2.45) is 5.41 Å². The van der Waals surface area contributed by atoms with Gasteiger partial charge in [-0.1, -0.05) is 97.0 Å². The molecule has 0 saturated heterocycles. The highest BCUT2D eigenvalue weighted by Gasteiger charge is 2.30. The summed E-state index contributed by atoms with van der Waals surface area (Å²) in [5.41, 5.74) is 0.520. The van der Waals surface area contributed by atoms with Crippen molar-refractivity contribution >= 4 is 15.6 Å². The van der Waals surface area contributed by atoms with Crippen LogP contribution in [0, 0.1) is 5.41 Å². The van der Waals surface area contributed by atoms with Gasteiger partial charge in [0, 0.05) is 11.0 Å². The molecule has 3 nitrogen and oxygen atoms in total. The Balaban J connectivity index is 0. The molecule has 0 atom stereocenters. The Morgan fingerprint density at radius 1 is 0.655 bits per heavy atom. The topological polar surface area (TPSA) is 51.2 Å². The molecule has 0 N–H and O–H groups in total. The molecule has 4 heteroatoms. The summed E-state index contributed by atoms with van der Waals surface area (Å²) >= 11 is 0. The number of rotatable bonds is 2. The minimum atomic E-state index is -3.18. The highest BCUT2D eigenvalue weighted by atomic mass is 32.2. The van der Waals surface area contributed by atoms with E-state index >= 15 is 0 Å². The first-order valence-electron chi connectivity index (χ1n) is 10.3. The summed E-state index contributed by atoms with van der Waals surface area (Å²) in [4.78, 5) is 12.1. The molecule has 164 valence electrons. The third-order valence-corrected chi connectivity index (χ3v) is 6.08. The van der Waals surface area contributed by atoms with Gasteiger partial charge in [0.25, 0.3) is 0 Å². The maximum atomic E-state index is 11.9. The van der Waals surface area contributed by atoms with Crippen LogP contribution >= 0.6 is 0 Å². The summed E-state index contributed by atoms with van der Waals surface area (Å²) in [6.07, 6.45) is 0. The van der Waals surface area contributed by atoms with E-state index in [9.17, 15) is 13.2 Å². The molecule has 0 heterocycles. The first kappa shape index (κ1) is 29.3. The Morgan fingerprint density at radius 3 is 1.31 bits per heavy atom. The molecule has 0 saturated carbocycles. The average molecular weight is 421 g/mol. The Morgan fingerprint density at radius 2 is 1.00 bits per heavy atom. The van der Waals surface area contributed by atoms with Crippen LogP contribution in [0.3, 0.4) is 0 Å². The summed E-state index contributed by atoms with van der Waals surface area (Å²) in [5.74, 6) is 0.197. The molecule has 0 aromatic heterocycles. The van der Waals surface area contributed by atoms with Crippen LogP contribution in [0.4, 0.5) is 0 Å². The molecule has 0 aliphatic carbocycles. The van der Waals surface area contributed by atoms with Crippen molar-refractivity contribution in [1.29, 1.82) is 0 Å². The van der Waals surface area contributed by atoms with Crippen LogP contribution in [0.15, 0.2) is 65.6 Å². The number of sulfone groups is 1. The zero-order chi connectivity index (χ0) is 23.3. The minimum absolute atomic E-state index is 0.197. The lowest BCUT2D eigenvalue weighted by Gasteiger charge is -2.18. The zero-order valence-corrected chi connectivity index (χ0v) is 20.7. The average Bonchev–Trinajstić information content (AvgIpc) is 2.71. The number of hydrogen-bond acceptors (Lipinski definition) is 3. The Labute approximate surface area is 179 Å². The smallest absolute Gasteiger partial charge is 0.183 e. The van der Waals surface area contributed by atoms with Crippen molar-refractivity contribution in [3.63, 3.8) is 0 Å². The van der Waals surface area contributed by atoms with E-state index in [1.165, 1.54) is 0 Å². The first-order valence-corrected chi connectivity index (χ1v) is 11.8. The van der Waals surface area contributed by atoms with Gasteiger partial charge in [-0.05, 0) is 32.9 Å². The highest BCUT2D eigenvalue weighted by Crippen LogP contribution is 2.24. The molecule has 29 heavy (non-hydrogen) atoms. The van der Waals surface area contributed by atoms with Gasteiger partial charge >= 0.3 is 0 Å². The van der Waals surface area contributed by atoms with Gasteiger partial charge in [0.2, 0.25) is 0 Å². The van der Waals surface area contributed by atoms with Crippen molar-refractivity contribution in [1.82, 2.24) is 0 Å². The molecule has 0 fully saturated rings. The SMILES string of the molecule is CC.CC.CC(C)(C)C(=O)c1ccccc1.CC(C)(C)S(=O)(=O)c1ccccc1. The van der Waals surface area contributed by atoms with Crippen LogP contribution < -0.4 is 0 Å². The summed E-state index contributed by atoms with van der Waals surface area (Å²) < 4.78 is 23.0. The predicted molar refractivity (Wildman–Crippen MR) is 126 cm³/mol. The summed E-state index contributed by atoms with van der Waals surface area (Å²) in [6, 6.07) is 17.9. The van der Waals surface area contributed by atoms with Crippen molar-refractivity contribution in [2.75, 3.05) is 0 Å². The van der Waals surface area contributed by atoms with Crippen molar-refractivity contribution in [2.45, 2.75) is 78.9 Å². The molecule has 0 amide bonds. The van der Waals surface area contributed by atoms with E-state index in [1.807, 2.05) is 84.9 Å². The Kier molecular flexibility index (Phi) is 13.4. The number of ketones is 1. The largest absolute Gasteiger partial charge is 0.294 e. The third kappa shape index (κ3) is 9.89. The van der Waals surface area contributed by atoms with E-state index < -0.39 is 14.6 Å². The maximum Gasteiger partial charge on any atom is 0.183 e. The normalized spacial score (nSPS) is 10.8. The molecule has 0 unspecified atom stereocenters. The van der Waals surface area contributed by atoms with E-state index in [2.05, 4.69) is 0 Å². The van der Waals surface area contributed by atoms with Gasteiger partial charge in [-0.25, -0.2) is 8.42 Å². The van der Waals surface area contributed by atoms with E-state index in [4.69, 9.17) is 0 Å². The van der Waals surface area contributed by atoms with Crippen molar-refractivity contribution in [3.05, 3.63) is 66.2 Å². The van der Waals surface area contributed by atoms with Crippen molar-refractivity contribution in [3.8, 4) is 0 Å². The molecule has 0 radical (unpaired) electrons. The molecule has 0 bridgehead atoms. The lowest BCUT2D eigenvalue weighted by Crippen LogP contribution is -2.27. The van der Waals surface area contributed by atoms with Gasteiger partial charge < -0.3 is 0 Å². The van der Waals surface area contributed by atoms with Crippen LogP contribution in [0.1, 0.15) is 79.6 Å². The van der Waals surface area contributed by atoms with Gasteiger partial charge in [0.15, 0.2) is 15.6 Å². The van der Waals surface area contributed by atoms with E-state index in [0.29, 0.717) is 4.90 Å². The van der Waals surface area contributed by atoms with Crippen LogP contribution in [0.5, 0.6) is 0 Å². The number of benzene rings is 2. The fraction of sp³-hybridized carbons (Fsp3) is 0.480. The summed E-state index contributed by atoms with van der Waals surface area (Å²) in [6.45, 7) is 18.9. The number of carbonyl (C=O) groups excluding carboxylic acids is 1. The standard InChI is InChI=1S/C11H14O.C10H14O2S.2C2H6/c1-11(2,3)10(12)9-7-5-4-6-8-9;1-10(2,3)13(11,12)9-7-5-4-6-8-9;2*1-2/h4-8H,1-3H3;4-8H,1-3H3;2*1-2H3. The molecule has 0 spiro atoms. The van der Waals surface area contributed by atoms with Crippen LogP contribution in [-0.2, 0) is 9.84 Å². The molecule has 2 aromatic carbocycles. The molecular weight excluding hydrogens is 380 g/mol. The van der Waals surface area contributed by atoms with Crippen LogP contribution in [0.2, 0.25) is 0 Å². The predicted octanol–water partition coefficient (Wildman–Crippen LogP) is 7.23. The van der Waals surface area contributed by atoms with E-state index in [-0.39, 0.29) is 11.2 Å². The van der Waals surface area contributed by atoms with Gasteiger partial charge in [0.05, 0.1) is 9.64 Å². The molecule has 0 aliphatic heterocycles. The second kappa shape index (κ2) is 13.3. The highest BCUT2D eigenvalue weighted by molar-refractivity contribution is 7.92. The van der Waals surface area contributed by atoms with Gasteiger partial charge in [-0.3, -0.25) is 4.79 Å². The fourth-order valence-electron chi connectivity index (χ4n) is 1.98. The van der Waals surface area contributed by atoms with Crippen LogP contribution in [0.25, 0.3) is 0 Å². The number of Topliss-reactive ketones (excluding diaryl/α,β-unsaturated/α-hetero) is 1. The molecular formula is C25H40O3S. The maximum absolute atomic E-state index is 11.9. The van der Waals surface area contributed by atoms with Crippen molar-refractivity contribution < 1.29 is 13.2 Å². The second-order valence-corrected chi connectivity index (χ2v) is 10.6. The quantitative estimate of drug-likeness (QED) is 0.482. The minimum Gasteiger partial charge on any atom is -0.294 e. The molecule has 0 aliphatic rings. The van der Waals surface area contributed by atoms with Gasteiger partial charge in [0.1, 0.15) is 0 Å². The lowest BCUT2D eigenvalue weighted by atomic mass is 9.87. The second-order valence-electron chi connectivity index (χ2n) is 7.87. The fourth-order valence-corrected chi connectivity index (χ4v) is 3.20. The summed E-state index contributed by atoms with van der Waals surface area (Å²) in [5, 5.41) is 0.